The second kappa shape index (κ2) is 6.89. The van der Waals surface area contributed by atoms with Crippen LogP contribution in [0.4, 0.5) is 0 Å². The van der Waals surface area contributed by atoms with Crippen LogP contribution in [0.5, 0.6) is 0 Å². The molecule has 2 heterocycles. The van der Waals surface area contributed by atoms with Crippen LogP contribution in [-0.4, -0.2) is 29.5 Å². The van der Waals surface area contributed by atoms with Gasteiger partial charge in [0.25, 0.3) is 0 Å². The molecule has 2 heteroatoms. The molecule has 0 aromatic carbocycles. The monoisotopic (exact) mass is 246 g/mol. The number of hydrogen-bond donors (Lipinski definition) is 0. The van der Waals surface area contributed by atoms with Crippen LogP contribution in [0.25, 0.3) is 0 Å². The van der Waals surface area contributed by atoms with E-state index in [2.05, 4.69) is 41.9 Å². The molecule has 0 amide bonds. The van der Waals surface area contributed by atoms with Crippen molar-refractivity contribution in [1.82, 2.24) is 9.88 Å². The third-order valence-corrected chi connectivity index (χ3v) is 3.93. The molecule has 2 nitrogen and oxygen atoms in total. The van der Waals surface area contributed by atoms with Crippen LogP contribution in [0.1, 0.15) is 44.0 Å². The Morgan fingerprint density at radius 3 is 3.06 bits per heavy atom. The second-order valence-corrected chi connectivity index (χ2v) is 5.62. The smallest absolute Gasteiger partial charge is 0.0419 e. The molecular formula is C16H26N2. The highest BCUT2D eigenvalue weighted by molar-refractivity contribution is 5.10. The van der Waals surface area contributed by atoms with Crippen molar-refractivity contribution >= 4 is 0 Å². The molecule has 18 heavy (non-hydrogen) atoms. The predicted octanol–water partition coefficient (Wildman–Crippen LogP) is 3.44. The first-order valence-corrected chi connectivity index (χ1v) is 7.43. The van der Waals surface area contributed by atoms with Crippen LogP contribution < -0.4 is 0 Å². The molecule has 1 atom stereocenters. The summed E-state index contributed by atoms with van der Waals surface area (Å²) in [7, 11) is 0. The van der Waals surface area contributed by atoms with E-state index in [9.17, 15) is 0 Å². The Labute approximate surface area is 111 Å². The summed E-state index contributed by atoms with van der Waals surface area (Å²) in [6.45, 7) is 8.14. The summed E-state index contributed by atoms with van der Waals surface area (Å²) in [6, 6.07) is 6.34. The summed E-state index contributed by atoms with van der Waals surface area (Å²) < 4.78 is 0. The number of aromatic nitrogens is 1. The Balaban J connectivity index is 1.79. The average Bonchev–Trinajstić information content (AvgIpc) is 2.37. The lowest BCUT2D eigenvalue weighted by Crippen LogP contribution is -2.36. The molecule has 0 aliphatic carbocycles. The molecule has 1 aliphatic heterocycles. The van der Waals surface area contributed by atoms with Crippen molar-refractivity contribution in [3.63, 3.8) is 0 Å². The van der Waals surface area contributed by atoms with Crippen LogP contribution in [-0.2, 0) is 6.42 Å². The van der Waals surface area contributed by atoms with Gasteiger partial charge in [-0.2, -0.15) is 0 Å². The van der Waals surface area contributed by atoms with Crippen LogP contribution in [0.15, 0.2) is 18.2 Å². The fraction of sp³-hybridized carbons (Fsp3) is 0.688. The summed E-state index contributed by atoms with van der Waals surface area (Å²) in [5, 5.41) is 0. The third-order valence-electron chi connectivity index (χ3n) is 3.93. The number of piperidine rings is 1. The molecule has 0 N–H and O–H groups in total. The highest BCUT2D eigenvalue weighted by Crippen LogP contribution is 2.20. The molecule has 1 saturated heterocycles. The zero-order valence-electron chi connectivity index (χ0n) is 11.9. The summed E-state index contributed by atoms with van der Waals surface area (Å²) in [5.74, 6) is 0.939. The molecule has 1 aromatic heterocycles. The van der Waals surface area contributed by atoms with Crippen molar-refractivity contribution in [2.75, 3.05) is 19.6 Å². The van der Waals surface area contributed by atoms with Crippen LogP contribution in [0.2, 0.25) is 0 Å². The summed E-state index contributed by atoms with van der Waals surface area (Å²) in [4.78, 5) is 7.22. The molecule has 100 valence electrons. The van der Waals surface area contributed by atoms with E-state index < -0.39 is 0 Å². The Morgan fingerprint density at radius 2 is 2.28 bits per heavy atom. The van der Waals surface area contributed by atoms with Crippen molar-refractivity contribution in [3.8, 4) is 0 Å². The fourth-order valence-corrected chi connectivity index (χ4v) is 3.01. The van der Waals surface area contributed by atoms with Crippen molar-refractivity contribution in [2.24, 2.45) is 5.92 Å². The summed E-state index contributed by atoms with van der Waals surface area (Å²) in [6.07, 6.45) is 6.65. The Morgan fingerprint density at radius 1 is 1.39 bits per heavy atom. The lowest BCUT2D eigenvalue weighted by Gasteiger charge is -2.32. The van der Waals surface area contributed by atoms with Gasteiger partial charge in [0.05, 0.1) is 0 Å². The maximum atomic E-state index is 4.59. The van der Waals surface area contributed by atoms with E-state index >= 15 is 0 Å². The Hall–Kier alpha value is -0.890. The largest absolute Gasteiger partial charge is 0.303 e. The maximum absolute atomic E-state index is 4.59. The van der Waals surface area contributed by atoms with E-state index in [0.29, 0.717) is 0 Å². The molecular weight excluding hydrogens is 220 g/mol. The SMILES string of the molecule is CCCC1CCCN(CCc2cccc(C)n2)C1. The van der Waals surface area contributed by atoms with Crippen molar-refractivity contribution < 1.29 is 0 Å². The minimum atomic E-state index is 0.939. The van der Waals surface area contributed by atoms with E-state index in [1.54, 1.807) is 0 Å². The van der Waals surface area contributed by atoms with E-state index in [0.717, 1.165) is 18.0 Å². The van der Waals surface area contributed by atoms with E-state index in [1.807, 2.05) is 0 Å². The van der Waals surface area contributed by atoms with Gasteiger partial charge < -0.3 is 4.90 Å². The van der Waals surface area contributed by atoms with Gasteiger partial charge in [0.15, 0.2) is 0 Å². The lowest BCUT2D eigenvalue weighted by molar-refractivity contribution is 0.169. The van der Waals surface area contributed by atoms with Crippen molar-refractivity contribution in [3.05, 3.63) is 29.6 Å². The number of pyridine rings is 1. The van der Waals surface area contributed by atoms with Gasteiger partial charge in [0, 0.05) is 30.9 Å². The van der Waals surface area contributed by atoms with Crippen molar-refractivity contribution in [1.29, 1.82) is 0 Å². The minimum Gasteiger partial charge on any atom is -0.303 e. The fourth-order valence-electron chi connectivity index (χ4n) is 3.01. The molecule has 1 aromatic rings. The molecule has 0 bridgehead atoms. The first-order valence-electron chi connectivity index (χ1n) is 7.43. The van der Waals surface area contributed by atoms with Crippen LogP contribution >= 0.6 is 0 Å². The summed E-state index contributed by atoms with van der Waals surface area (Å²) in [5.41, 5.74) is 2.38. The first-order chi connectivity index (χ1) is 8.78. The zero-order chi connectivity index (χ0) is 12.8. The van der Waals surface area contributed by atoms with Gasteiger partial charge in [0.1, 0.15) is 0 Å². The number of aryl methyl sites for hydroxylation is 1. The molecule has 1 aliphatic rings. The zero-order valence-corrected chi connectivity index (χ0v) is 11.9. The van der Waals surface area contributed by atoms with Gasteiger partial charge in [-0.15, -0.1) is 0 Å². The van der Waals surface area contributed by atoms with Crippen LogP contribution in [0, 0.1) is 12.8 Å². The standard InChI is InChI=1S/C16H26N2/c1-3-6-15-8-5-11-18(13-15)12-10-16-9-4-7-14(2)17-16/h4,7,9,15H,3,5-6,8,10-13H2,1-2H3. The van der Waals surface area contributed by atoms with Gasteiger partial charge in [-0.05, 0) is 50.8 Å². The highest BCUT2D eigenvalue weighted by Gasteiger charge is 2.18. The van der Waals surface area contributed by atoms with Crippen LogP contribution in [0.3, 0.4) is 0 Å². The van der Waals surface area contributed by atoms with Gasteiger partial charge >= 0.3 is 0 Å². The molecule has 1 unspecified atom stereocenters. The second-order valence-electron chi connectivity index (χ2n) is 5.62. The molecule has 1 fully saturated rings. The number of hydrogen-bond acceptors (Lipinski definition) is 2. The number of likely N-dealkylation sites (tertiary alicyclic amines) is 1. The maximum Gasteiger partial charge on any atom is 0.0419 e. The topological polar surface area (TPSA) is 16.1 Å². The highest BCUT2D eigenvalue weighted by atomic mass is 15.1. The normalized spacial score (nSPS) is 21.1. The molecule has 0 spiro atoms. The van der Waals surface area contributed by atoms with Gasteiger partial charge in [0.2, 0.25) is 0 Å². The summed E-state index contributed by atoms with van der Waals surface area (Å²) >= 11 is 0. The van der Waals surface area contributed by atoms with Gasteiger partial charge in [-0.25, -0.2) is 0 Å². The quantitative estimate of drug-likeness (QED) is 0.791. The Kier molecular flexibility index (Phi) is 5.18. The average molecular weight is 246 g/mol. The minimum absolute atomic E-state index is 0.939. The van der Waals surface area contributed by atoms with E-state index in [4.69, 9.17) is 0 Å². The Bertz CT molecular complexity index is 360. The van der Waals surface area contributed by atoms with E-state index in [1.165, 1.54) is 51.0 Å². The van der Waals surface area contributed by atoms with E-state index in [-0.39, 0.29) is 0 Å². The molecule has 0 radical (unpaired) electrons. The number of nitrogens with zero attached hydrogens (tertiary/aromatic N) is 2. The molecule has 0 saturated carbocycles. The van der Waals surface area contributed by atoms with Gasteiger partial charge in [-0.1, -0.05) is 19.4 Å². The first kappa shape index (κ1) is 13.5. The number of rotatable bonds is 5. The predicted molar refractivity (Wildman–Crippen MR) is 76.8 cm³/mol. The van der Waals surface area contributed by atoms with Crippen molar-refractivity contribution in [2.45, 2.75) is 46.0 Å². The third kappa shape index (κ3) is 4.09. The lowest BCUT2D eigenvalue weighted by atomic mass is 9.93. The molecule has 2 rings (SSSR count). The van der Waals surface area contributed by atoms with Gasteiger partial charge in [-0.3, -0.25) is 4.98 Å².